The fraction of sp³-hybridized carbons (Fsp3) is 0.238. The minimum Gasteiger partial charge on any atom is -0.252 e. The lowest BCUT2D eigenvalue weighted by atomic mass is 9.96. The topological polar surface area (TPSA) is 75.2 Å². The van der Waals surface area contributed by atoms with Gasteiger partial charge in [-0.15, -0.1) is 0 Å². The summed E-state index contributed by atoms with van der Waals surface area (Å²) >= 11 is 0. The minimum atomic E-state index is 0.824. The summed E-state index contributed by atoms with van der Waals surface area (Å²) < 4.78 is 0. The second-order valence-electron chi connectivity index (χ2n) is 12.5. The molecule has 0 bridgehead atoms. The summed E-state index contributed by atoms with van der Waals surface area (Å²) in [6, 6.07) is 28.4. The van der Waals surface area contributed by atoms with Gasteiger partial charge in [0.2, 0.25) is 0 Å². The van der Waals surface area contributed by atoms with Gasteiger partial charge in [0.15, 0.2) is 0 Å². The van der Waals surface area contributed by atoms with E-state index in [1.165, 1.54) is 11.1 Å². The second kappa shape index (κ2) is 14.6. The zero-order valence-corrected chi connectivity index (χ0v) is 29.8. The number of rotatable bonds is 8. The van der Waals surface area contributed by atoms with Gasteiger partial charge in [0.25, 0.3) is 0 Å². The molecule has 0 aliphatic carbocycles. The van der Waals surface area contributed by atoms with Crippen LogP contribution in [0.15, 0.2) is 105 Å². The van der Waals surface area contributed by atoms with Gasteiger partial charge in [-0.25, -0.2) is 9.97 Å². The summed E-state index contributed by atoms with van der Waals surface area (Å²) in [5, 5.41) is 0. The highest BCUT2D eigenvalue weighted by Gasteiger charge is 2.16. The Balaban J connectivity index is 1.44. The highest BCUT2D eigenvalue weighted by molar-refractivity contribution is 6.04. The average molecular weight is 633 g/mol. The quantitative estimate of drug-likeness (QED) is 0.160. The van der Waals surface area contributed by atoms with E-state index in [0.717, 1.165) is 90.6 Å². The molecule has 6 heteroatoms. The number of aromatic nitrogens is 2. The van der Waals surface area contributed by atoms with E-state index in [4.69, 9.17) is 29.9 Å². The van der Waals surface area contributed by atoms with E-state index in [0.29, 0.717) is 0 Å². The van der Waals surface area contributed by atoms with Crippen LogP contribution in [0.25, 0.3) is 0 Å². The molecule has 0 spiro atoms. The van der Waals surface area contributed by atoms with Crippen molar-refractivity contribution in [1.82, 2.24) is 9.97 Å². The third kappa shape index (κ3) is 7.77. The van der Waals surface area contributed by atoms with E-state index in [1.807, 2.05) is 88.4 Å². The highest BCUT2D eigenvalue weighted by atomic mass is 14.9. The predicted molar refractivity (Wildman–Crippen MR) is 204 cm³/mol. The van der Waals surface area contributed by atoms with E-state index in [1.54, 1.807) is 0 Å². The van der Waals surface area contributed by atoms with Crippen LogP contribution in [-0.4, -0.2) is 32.8 Å². The number of pyridine rings is 2. The summed E-state index contributed by atoms with van der Waals surface area (Å²) in [6.45, 7) is 20.6. The fourth-order valence-corrected chi connectivity index (χ4v) is 5.47. The number of nitrogens with zero attached hydrogens (tertiary/aromatic N) is 6. The maximum atomic E-state index is 5.13. The van der Waals surface area contributed by atoms with Crippen LogP contribution in [0.4, 0.5) is 22.7 Å². The van der Waals surface area contributed by atoms with Gasteiger partial charge in [-0.05, 0) is 140 Å². The molecule has 0 saturated heterocycles. The molecule has 2 heterocycles. The van der Waals surface area contributed by atoms with Crippen molar-refractivity contribution in [2.45, 2.75) is 69.2 Å². The molecule has 6 nitrogen and oxygen atoms in total. The second-order valence-corrected chi connectivity index (χ2v) is 12.5. The SMILES string of the molecule is C/C(=N\c1ccc(C)cc1)c1cccc(/C(C)=N/c2c(C)c(C)c(/N=C(\C)c3cccc(/C(C)=N/c4ccc(C)cc4)n3)c(C)c2C)n1. The molecule has 2 aromatic heterocycles. The molecular weight excluding hydrogens is 589 g/mol. The number of hydrogen-bond donors (Lipinski definition) is 0. The molecule has 0 N–H and O–H groups in total. The van der Waals surface area contributed by atoms with E-state index in [-0.39, 0.29) is 0 Å². The van der Waals surface area contributed by atoms with Gasteiger partial charge in [0.05, 0.1) is 68.4 Å². The van der Waals surface area contributed by atoms with Crippen molar-refractivity contribution in [2.75, 3.05) is 0 Å². The molecule has 0 aliphatic heterocycles. The van der Waals surface area contributed by atoms with Crippen LogP contribution in [-0.2, 0) is 0 Å². The predicted octanol–water partition coefficient (Wildman–Crippen LogP) is 10.9. The van der Waals surface area contributed by atoms with Crippen LogP contribution in [0.3, 0.4) is 0 Å². The van der Waals surface area contributed by atoms with E-state index in [9.17, 15) is 0 Å². The van der Waals surface area contributed by atoms with Crippen LogP contribution in [0.5, 0.6) is 0 Å². The Bertz CT molecular complexity index is 1920. The first-order valence-corrected chi connectivity index (χ1v) is 16.3. The van der Waals surface area contributed by atoms with Crippen molar-refractivity contribution in [3.05, 3.63) is 141 Å². The summed E-state index contributed by atoms with van der Waals surface area (Å²) in [6.07, 6.45) is 0. The molecule has 5 rings (SSSR count). The number of aliphatic imine (C=N–C) groups is 4. The smallest absolute Gasteiger partial charge is 0.0849 e. The van der Waals surface area contributed by atoms with Crippen LogP contribution >= 0.6 is 0 Å². The first-order chi connectivity index (χ1) is 22.9. The lowest BCUT2D eigenvalue weighted by molar-refractivity contribution is 1.18. The maximum Gasteiger partial charge on any atom is 0.0849 e. The lowest BCUT2D eigenvalue weighted by Gasteiger charge is -2.17. The minimum absolute atomic E-state index is 0.824. The van der Waals surface area contributed by atoms with E-state index < -0.39 is 0 Å². The Kier molecular flexibility index (Phi) is 10.3. The van der Waals surface area contributed by atoms with E-state index in [2.05, 4.69) is 65.8 Å². The Hall–Kier alpha value is -5.36. The van der Waals surface area contributed by atoms with Crippen molar-refractivity contribution in [3.63, 3.8) is 0 Å². The van der Waals surface area contributed by atoms with Gasteiger partial charge < -0.3 is 0 Å². The first kappa shape index (κ1) is 34.0. The standard InChI is InChI=1S/C42H44N6/c1-25-17-21-35(22-18-25)43-31(7)37-13-11-15-39(47-37)33(9)45-41-27(3)29(5)42(30(6)28(41)4)46-34(10)40-16-12-14-38(48-40)32(8)44-36-23-19-26(2)20-24-36/h11-24H,1-10H3/b43-31+,44-32+,45-33+,46-34+. The molecule has 0 saturated carbocycles. The van der Waals surface area contributed by atoms with Gasteiger partial charge in [-0.3, -0.25) is 20.0 Å². The molecule has 5 aromatic rings. The third-order valence-corrected chi connectivity index (χ3v) is 8.75. The third-order valence-electron chi connectivity index (χ3n) is 8.75. The van der Waals surface area contributed by atoms with Gasteiger partial charge in [0.1, 0.15) is 0 Å². The molecule has 0 aliphatic rings. The summed E-state index contributed by atoms with van der Waals surface area (Å²) in [7, 11) is 0. The number of aryl methyl sites for hydroxylation is 2. The maximum absolute atomic E-state index is 5.13. The summed E-state index contributed by atoms with van der Waals surface area (Å²) in [5.41, 5.74) is 17.3. The van der Waals surface area contributed by atoms with Crippen molar-refractivity contribution >= 4 is 45.6 Å². The lowest BCUT2D eigenvalue weighted by Crippen LogP contribution is -2.06. The molecule has 0 unspecified atom stereocenters. The van der Waals surface area contributed by atoms with Crippen LogP contribution in [0, 0.1) is 41.5 Å². The van der Waals surface area contributed by atoms with Crippen LogP contribution < -0.4 is 0 Å². The molecule has 0 radical (unpaired) electrons. The zero-order valence-electron chi connectivity index (χ0n) is 29.8. The molecule has 242 valence electrons. The Morgan fingerprint density at radius 3 is 0.938 bits per heavy atom. The average Bonchev–Trinajstić information content (AvgIpc) is 3.09. The molecule has 0 atom stereocenters. The van der Waals surface area contributed by atoms with Gasteiger partial charge in [-0.2, -0.15) is 0 Å². The van der Waals surface area contributed by atoms with Gasteiger partial charge in [0, 0.05) is 0 Å². The molecule has 48 heavy (non-hydrogen) atoms. The Morgan fingerprint density at radius 2 is 0.646 bits per heavy atom. The monoisotopic (exact) mass is 632 g/mol. The number of benzene rings is 3. The van der Waals surface area contributed by atoms with Crippen molar-refractivity contribution in [3.8, 4) is 0 Å². The largest absolute Gasteiger partial charge is 0.252 e. The molecule has 0 amide bonds. The van der Waals surface area contributed by atoms with Crippen LogP contribution in [0.2, 0.25) is 0 Å². The van der Waals surface area contributed by atoms with Gasteiger partial charge >= 0.3 is 0 Å². The Morgan fingerprint density at radius 1 is 0.375 bits per heavy atom. The number of hydrogen-bond acceptors (Lipinski definition) is 6. The van der Waals surface area contributed by atoms with Gasteiger partial charge in [-0.1, -0.05) is 47.5 Å². The fourth-order valence-electron chi connectivity index (χ4n) is 5.47. The van der Waals surface area contributed by atoms with Crippen molar-refractivity contribution in [2.24, 2.45) is 20.0 Å². The normalized spacial score (nSPS) is 12.9. The zero-order chi connectivity index (χ0) is 34.5. The van der Waals surface area contributed by atoms with E-state index >= 15 is 0 Å². The first-order valence-electron chi connectivity index (χ1n) is 16.3. The van der Waals surface area contributed by atoms with Crippen molar-refractivity contribution in [1.29, 1.82) is 0 Å². The molecular formula is C42H44N6. The summed E-state index contributed by atoms with van der Waals surface area (Å²) in [4.78, 5) is 29.7. The summed E-state index contributed by atoms with van der Waals surface area (Å²) in [5.74, 6) is 0. The Labute approximate surface area is 285 Å². The van der Waals surface area contributed by atoms with Crippen molar-refractivity contribution < 1.29 is 0 Å². The molecule has 0 fully saturated rings. The van der Waals surface area contributed by atoms with Crippen LogP contribution in [0.1, 0.15) is 83.9 Å². The molecule has 3 aromatic carbocycles. The highest BCUT2D eigenvalue weighted by Crippen LogP contribution is 2.38.